The molecule has 0 amide bonds. The molecule has 0 spiro atoms. The van der Waals surface area contributed by atoms with Gasteiger partial charge in [-0.15, -0.1) is 11.5 Å². The summed E-state index contributed by atoms with van der Waals surface area (Å²) in [6.07, 6.45) is 16.4. The Kier molecular flexibility index (Phi) is 8.46. The molecule has 0 heterocycles. The Balaban J connectivity index is 0.000000359. The molecular formula is C17H18FeO2. The minimum absolute atomic E-state index is 0. The Hall–Kier alpha value is -1.70. The number of allylic oxidation sites excluding steroid dienone is 13. The van der Waals surface area contributed by atoms with Gasteiger partial charge in [-0.1, -0.05) is 67.2 Å². The predicted molar refractivity (Wildman–Crippen MR) is 75.7 cm³/mol. The number of hydrogen-bond acceptors (Lipinski definition) is 2. The fourth-order valence-electron chi connectivity index (χ4n) is 1.49. The normalized spacial score (nSPS) is 13.8. The number of hydrogen-bond donors (Lipinski definition) is 0. The van der Waals surface area contributed by atoms with Crippen molar-refractivity contribution < 1.29 is 27.3 Å². The molecule has 2 aliphatic carbocycles. The standard InChI is InChI=1S/C10H12O.C7H8O.Fe/c1-8(2)7-10(11)9-5-3-4-6-9;1-6(8)7-4-2-3-5-7;/h3-7,11H,1-2H3;2-5,8H,1H3;/q;;+2/p-2. The molecule has 0 saturated heterocycles. The summed E-state index contributed by atoms with van der Waals surface area (Å²) in [4.78, 5) is 0. The summed E-state index contributed by atoms with van der Waals surface area (Å²) in [6, 6.07) is 0. The Morgan fingerprint density at radius 2 is 1.20 bits per heavy atom. The zero-order chi connectivity index (χ0) is 14.3. The van der Waals surface area contributed by atoms with Crippen LogP contribution < -0.4 is 10.2 Å². The summed E-state index contributed by atoms with van der Waals surface area (Å²) >= 11 is 0. The summed E-state index contributed by atoms with van der Waals surface area (Å²) in [5.41, 5.74) is 2.60. The van der Waals surface area contributed by atoms with Gasteiger partial charge in [0.05, 0.1) is 0 Å². The fraction of sp³-hybridized carbons (Fsp3) is 0.176. The second-order valence-corrected chi connectivity index (χ2v) is 4.49. The van der Waals surface area contributed by atoms with E-state index in [4.69, 9.17) is 0 Å². The van der Waals surface area contributed by atoms with Crippen molar-refractivity contribution in [3.05, 3.63) is 82.9 Å². The molecule has 0 atom stereocenters. The maximum atomic E-state index is 11.2. The quantitative estimate of drug-likeness (QED) is 0.551. The molecule has 3 heteroatoms. The van der Waals surface area contributed by atoms with Gasteiger partial charge < -0.3 is 10.2 Å². The molecule has 0 aromatic carbocycles. The van der Waals surface area contributed by atoms with Crippen LogP contribution >= 0.6 is 0 Å². The van der Waals surface area contributed by atoms with Crippen LogP contribution in [0.3, 0.4) is 0 Å². The molecule has 0 fully saturated rings. The fourth-order valence-corrected chi connectivity index (χ4v) is 1.49. The SMILES string of the molecule is CC(C)=CC([O-])=C1C=CC=C1.CC([O-])=C1C=CC=C1.[Fe+2]. The van der Waals surface area contributed by atoms with Crippen molar-refractivity contribution in [1.82, 2.24) is 0 Å². The van der Waals surface area contributed by atoms with Gasteiger partial charge >= 0.3 is 17.1 Å². The Bertz CT molecular complexity index is 505. The van der Waals surface area contributed by atoms with E-state index in [9.17, 15) is 10.2 Å². The average Bonchev–Trinajstić information content (AvgIpc) is 3.03. The van der Waals surface area contributed by atoms with Crippen molar-refractivity contribution in [3.63, 3.8) is 0 Å². The van der Waals surface area contributed by atoms with Gasteiger partial charge in [0.15, 0.2) is 0 Å². The first-order valence-electron chi connectivity index (χ1n) is 6.14. The molecule has 0 saturated carbocycles. The van der Waals surface area contributed by atoms with Gasteiger partial charge in [0, 0.05) is 0 Å². The molecule has 20 heavy (non-hydrogen) atoms. The second kappa shape index (κ2) is 9.24. The molecule has 106 valence electrons. The van der Waals surface area contributed by atoms with Crippen molar-refractivity contribution in [3.8, 4) is 0 Å². The van der Waals surface area contributed by atoms with Crippen LogP contribution in [0.5, 0.6) is 0 Å². The van der Waals surface area contributed by atoms with E-state index in [-0.39, 0.29) is 28.6 Å². The van der Waals surface area contributed by atoms with Crippen LogP contribution in [0.2, 0.25) is 0 Å². The van der Waals surface area contributed by atoms with Crippen molar-refractivity contribution in [2.24, 2.45) is 0 Å². The van der Waals surface area contributed by atoms with Gasteiger partial charge in [-0.2, -0.15) is 0 Å². The number of rotatable bonds is 1. The van der Waals surface area contributed by atoms with Crippen LogP contribution in [0, 0.1) is 0 Å². The smallest absolute Gasteiger partial charge is 0.875 e. The van der Waals surface area contributed by atoms with Crippen molar-refractivity contribution in [2.75, 3.05) is 0 Å². The first-order valence-corrected chi connectivity index (χ1v) is 6.14. The zero-order valence-corrected chi connectivity index (χ0v) is 13.0. The molecule has 2 rings (SSSR count). The summed E-state index contributed by atoms with van der Waals surface area (Å²) in [5, 5.41) is 21.7. The van der Waals surface area contributed by atoms with Gasteiger partial charge in [-0.05, 0) is 25.0 Å². The third kappa shape index (κ3) is 6.46. The summed E-state index contributed by atoms with van der Waals surface area (Å²) < 4.78 is 0. The first-order chi connectivity index (χ1) is 9.00. The van der Waals surface area contributed by atoms with Crippen molar-refractivity contribution >= 4 is 0 Å². The molecule has 0 radical (unpaired) electrons. The van der Waals surface area contributed by atoms with Crippen LogP contribution in [0.15, 0.2) is 82.9 Å². The third-order valence-electron chi connectivity index (χ3n) is 2.44. The van der Waals surface area contributed by atoms with Crippen LogP contribution in [-0.2, 0) is 17.1 Å². The monoisotopic (exact) mass is 310 g/mol. The molecule has 0 unspecified atom stereocenters. The Morgan fingerprint density at radius 1 is 0.800 bits per heavy atom. The van der Waals surface area contributed by atoms with Crippen molar-refractivity contribution in [2.45, 2.75) is 20.8 Å². The van der Waals surface area contributed by atoms with Crippen LogP contribution in [-0.4, -0.2) is 0 Å². The second-order valence-electron chi connectivity index (χ2n) is 4.49. The molecule has 0 bridgehead atoms. The first kappa shape index (κ1) is 18.3. The van der Waals surface area contributed by atoms with E-state index < -0.39 is 0 Å². The van der Waals surface area contributed by atoms with Crippen LogP contribution in [0.4, 0.5) is 0 Å². The van der Waals surface area contributed by atoms with E-state index in [0.717, 1.165) is 16.7 Å². The summed E-state index contributed by atoms with van der Waals surface area (Å²) in [7, 11) is 0. The zero-order valence-electron chi connectivity index (χ0n) is 11.9. The van der Waals surface area contributed by atoms with Gasteiger partial charge in [-0.3, -0.25) is 0 Å². The van der Waals surface area contributed by atoms with E-state index in [1.54, 1.807) is 13.0 Å². The maximum Gasteiger partial charge on any atom is 2.00 e. The predicted octanol–water partition coefficient (Wildman–Crippen LogP) is 2.44. The largest absolute Gasteiger partial charge is 2.00 e. The molecule has 2 nitrogen and oxygen atoms in total. The molecule has 0 aromatic heterocycles. The van der Waals surface area contributed by atoms with Gasteiger partial charge in [0.25, 0.3) is 0 Å². The maximum absolute atomic E-state index is 11.2. The van der Waals surface area contributed by atoms with Crippen molar-refractivity contribution in [1.29, 1.82) is 0 Å². The topological polar surface area (TPSA) is 46.1 Å². The van der Waals surface area contributed by atoms with E-state index in [1.807, 2.05) is 62.5 Å². The molecular weight excluding hydrogens is 292 g/mol. The van der Waals surface area contributed by atoms with E-state index >= 15 is 0 Å². The molecule has 0 aromatic rings. The van der Waals surface area contributed by atoms with Gasteiger partial charge in [0.1, 0.15) is 0 Å². The van der Waals surface area contributed by atoms with E-state index in [0.29, 0.717) is 0 Å². The molecule has 0 aliphatic heterocycles. The average molecular weight is 310 g/mol. The third-order valence-corrected chi connectivity index (χ3v) is 2.44. The Morgan fingerprint density at radius 3 is 1.50 bits per heavy atom. The molecule has 0 N–H and O–H groups in total. The van der Waals surface area contributed by atoms with Crippen LogP contribution in [0.1, 0.15) is 20.8 Å². The van der Waals surface area contributed by atoms with Gasteiger partial charge in [0.2, 0.25) is 0 Å². The van der Waals surface area contributed by atoms with Gasteiger partial charge in [-0.25, -0.2) is 0 Å². The van der Waals surface area contributed by atoms with E-state index in [1.165, 1.54) is 0 Å². The molecule has 2 aliphatic rings. The minimum atomic E-state index is 0. The summed E-state index contributed by atoms with van der Waals surface area (Å²) in [6.45, 7) is 5.40. The summed E-state index contributed by atoms with van der Waals surface area (Å²) in [5.74, 6) is 0.227. The minimum Gasteiger partial charge on any atom is -0.875 e. The Labute approximate surface area is 131 Å². The van der Waals surface area contributed by atoms with E-state index in [2.05, 4.69) is 0 Å². The van der Waals surface area contributed by atoms with Crippen LogP contribution in [0.25, 0.3) is 0 Å².